The minimum atomic E-state index is -3.38. The molecule has 0 saturated heterocycles. The predicted octanol–water partition coefficient (Wildman–Crippen LogP) is 3.32. The summed E-state index contributed by atoms with van der Waals surface area (Å²) >= 11 is 0. The quantitative estimate of drug-likeness (QED) is 0.744. The Balaban J connectivity index is 1.53. The molecular weight excluding hydrogens is 414 g/mol. The molecule has 2 aliphatic rings. The van der Waals surface area contributed by atoms with Crippen LogP contribution in [-0.4, -0.2) is 38.6 Å². The number of carbonyl (C=O) groups is 2. The van der Waals surface area contributed by atoms with Crippen LogP contribution in [0.4, 0.5) is 11.4 Å². The number of carbonyl (C=O) groups excluding carboxylic acids is 2. The van der Waals surface area contributed by atoms with Gasteiger partial charge in [0.05, 0.1) is 23.2 Å². The van der Waals surface area contributed by atoms with Gasteiger partial charge in [0.25, 0.3) is 11.8 Å². The number of amides is 2. The first-order chi connectivity index (χ1) is 14.7. The van der Waals surface area contributed by atoms with Gasteiger partial charge in [-0.2, -0.15) is 0 Å². The van der Waals surface area contributed by atoms with Crippen molar-refractivity contribution in [3.05, 3.63) is 59.2 Å². The fraction of sp³-hybridized carbons (Fsp3) is 0.391. The minimum Gasteiger partial charge on any atom is -0.349 e. The maximum Gasteiger partial charge on any atom is 0.255 e. The third-order valence-corrected chi connectivity index (χ3v) is 7.23. The van der Waals surface area contributed by atoms with Gasteiger partial charge in [-0.1, -0.05) is 25.0 Å². The van der Waals surface area contributed by atoms with Crippen LogP contribution >= 0.6 is 0 Å². The Bertz CT molecular complexity index is 1120. The van der Waals surface area contributed by atoms with Crippen LogP contribution in [0.3, 0.4) is 0 Å². The van der Waals surface area contributed by atoms with E-state index in [1.807, 2.05) is 6.92 Å². The Hall–Kier alpha value is -2.87. The third kappa shape index (κ3) is 4.44. The number of nitrogens with one attached hydrogen (secondary N) is 2. The monoisotopic (exact) mass is 441 g/mol. The molecule has 164 valence electrons. The second-order valence-corrected chi connectivity index (χ2v) is 10.3. The van der Waals surface area contributed by atoms with Crippen molar-refractivity contribution in [2.75, 3.05) is 15.9 Å². The second-order valence-electron chi connectivity index (χ2n) is 8.41. The van der Waals surface area contributed by atoms with E-state index < -0.39 is 10.0 Å². The van der Waals surface area contributed by atoms with Crippen LogP contribution in [0, 0.1) is 0 Å². The molecule has 7 nitrogen and oxygen atoms in total. The van der Waals surface area contributed by atoms with Gasteiger partial charge in [0, 0.05) is 17.6 Å². The molecule has 1 aliphatic carbocycles. The molecule has 2 amide bonds. The van der Waals surface area contributed by atoms with Gasteiger partial charge >= 0.3 is 0 Å². The van der Waals surface area contributed by atoms with E-state index in [1.54, 1.807) is 42.5 Å². The SMILES string of the molecule is C[C@@H]1Cc2cc(C(=O)Nc3ccccc3C(=O)NC3CCCC3)ccc2N1S(C)(=O)=O. The lowest BCUT2D eigenvalue weighted by Gasteiger charge is -2.22. The molecular formula is C23H27N3O4S. The van der Waals surface area contributed by atoms with Gasteiger partial charge < -0.3 is 10.6 Å². The molecule has 0 unspecified atom stereocenters. The summed E-state index contributed by atoms with van der Waals surface area (Å²) in [5, 5.41) is 5.90. The van der Waals surface area contributed by atoms with Crippen LogP contribution in [-0.2, 0) is 16.4 Å². The molecule has 2 aromatic carbocycles. The first-order valence-electron chi connectivity index (χ1n) is 10.6. The summed E-state index contributed by atoms with van der Waals surface area (Å²) < 4.78 is 25.6. The molecule has 0 bridgehead atoms. The number of nitrogens with zero attached hydrogens (tertiary/aromatic N) is 1. The molecule has 31 heavy (non-hydrogen) atoms. The van der Waals surface area contributed by atoms with Crippen LogP contribution in [0.15, 0.2) is 42.5 Å². The van der Waals surface area contributed by atoms with Crippen LogP contribution in [0.1, 0.15) is 58.9 Å². The molecule has 0 spiro atoms. The smallest absolute Gasteiger partial charge is 0.255 e. The lowest BCUT2D eigenvalue weighted by atomic mass is 10.1. The van der Waals surface area contributed by atoms with Gasteiger partial charge in [0.15, 0.2) is 0 Å². The summed E-state index contributed by atoms with van der Waals surface area (Å²) in [4.78, 5) is 25.7. The summed E-state index contributed by atoms with van der Waals surface area (Å²) in [5.41, 5.74) is 2.74. The number of rotatable bonds is 5. The maximum atomic E-state index is 12.9. The average molecular weight is 442 g/mol. The van der Waals surface area contributed by atoms with Gasteiger partial charge in [0.2, 0.25) is 10.0 Å². The standard InChI is InChI=1S/C23H27N3O4S/c1-15-13-17-14-16(11-12-21(17)26(15)31(2,29)30)22(27)25-20-10-6-5-9-19(20)23(28)24-18-7-3-4-8-18/h5-6,9-12,14-15,18H,3-4,7-8,13H2,1-2H3,(H,24,28)(H,25,27)/t15-/m1/s1. The Morgan fingerprint density at radius 3 is 2.45 bits per heavy atom. The number of sulfonamides is 1. The summed E-state index contributed by atoms with van der Waals surface area (Å²) in [7, 11) is -3.38. The Morgan fingerprint density at radius 1 is 1.03 bits per heavy atom. The van der Waals surface area contributed by atoms with Crippen LogP contribution in [0.25, 0.3) is 0 Å². The van der Waals surface area contributed by atoms with Crippen molar-refractivity contribution in [3.63, 3.8) is 0 Å². The minimum absolute atomic E-state index is 0.186. The van der Waals surface area contributed by atoms with Crippen molar-refractivity contribution < 1.29 is 18.0 Å². The van der Waals surface area contributed by atoms with Gasteiger partial charge in [-0.05, 0) is 62.1 Å². The summed E-state index contributed by atoms with van der Waals surface area (Å²) in [6, 6.07) is 12.0. The molecule has 8 heteroatoms. The van der Waals surface area contributed by atoms with E-state index in [4.69, 9.17) is 0 Å². The maximum absolute atomic E-state index is 12.9. The summed E-state index contributed by atoms with van der Waals surface area (Å²) in [5.74, 6) is -0.524. The van der Waals surface area contributed by atoms with Gasteiger partial charge in [-0.15, -0.1) is 0 Å². The van der Waals surface area contributed by atoms with E-state index in [0.717, 1.165) is 31.2 Å². The van der Waals surface area contributed by atoms with Gasteiger partial charge in [-0.25, -0.2) is 8.42 Å². The fourth-order valence-electron chi connectivity index (χ4n) is 4.57. The predicted molar refractivity (Wildman–Crippen MR) is 121 cm³/mol. The Morgan fingerprint density at radius 2 is 1.74 bits per heavy atom. The van der Waals surface area contributed by atoms with E-state index in [0.29, 0.717) is 28.9 Å². The van der Waals surface area contributed by atoms with E-state index in [-0.39, 0.29) is 23.9 Å². The van der Waals surface area contributed by atoms with E-state index in [2.05, 4.69) is 10.6 Å². The molecule has 4 rings (SSSR count). The highest BCUT2D eigenvalue weighted by molar-refractivity contribution is 7.92. The van der Waals surface area contributed by atoms with Gasteiger partial charge in [0.1, 0.15) is 0 Å². The van der Waals surface area contributed by atoms with Crippen LogP contribution in [0.5, 0.6) is 0 Å². The Kier molecular flexibility index (Phi) is 5.75. The van der Waals surface area contributed by atoms with Crippen molar-refractivity contribution in [3.8, 4) is 0 Å². The third-order valence-electron chi connectivity index (χ3n) is 5.96. The number of benzene rings is 2. The first-order valence-corrected chi connectivity index (χ1v) is 12.4. The zero-order chi connectivity index (χ0) is 22.2. The highest BCUT2D eigenvalue weighted by atomic mass is 32.2. The molecule has 0 aromatic heterocycles. The molecule has 1 aliphatic heterocycles. The lowest BCUT2D eigenvalue weighted by molar-refractivity contribution is 0.0938. The second kappa shape index (κ2) is 8.34. The molecule has 2 aromatic rings. The zero-order valence-electron chi connectivity index (χ0n) is 17.7. The van der Waals surface area contributed by atoms with Crippen LogP contribution in [0.2, 0.25) is 0 Å². The van der Waals surface area contributed by atoms with Crippen molar-refractivity contribution in [1.29, 1.82) is 0 Å². The highest BCUT2D eigenvalue weighted by Gasteiger charge is 2.33. The molecule has 2 N–H and O–H groups in total. The first kappa shape index (κ1) is 21.4. The van der Waals surface area contributed by atoms with Crippen LogP contribution < -0.4 is 14.9 Å². The molecule has 1 saturated carbocycles. The van der Waals surface area contributed by atoms with Crippen molar-refractivity contribution in [1.82, 2.24) is 5.32 Å². The summed E-state index contributed by atoms with van der Waals surface area (Å²) in [6.45, 7) is 1.85. The molecule has 1 heterocycles. The van der Waals surface area contributed by atoms with Crippen molar-refractivity contribution in [2.24, 2.45) is 0 Å². The molecule has 1 atom stereocenters. The number of para-hydroxylation sites is 1. The van der Waals surface area contributed by atoms with E-state index >= 15 is 0 Å². The lowest BCUT2D eigenvalue weighted by Crippen LogP contribution is -2.34. The zero-order valence-corrected chi connectivity index (χ0v) is 18.5. The number of anilines is 2. The highest BCUT2D eigenvalue weighted by Crippen LogP contribution is 2.35. The Labute approximate surface area is 182 Å². The van der Waals surface area contributed by atoms with Gasteiger partial charge in [-0.3, -0.25) is 13.9 Å². The largest absolute Gasteiger partial charge is 0.349 e. The van der Waals surface area contributed by atoms with Crippen molar-refractivity contribution >= 4 is 33.2 Å². The topological polar surface area (TPSA) is 95.6 Å². The fourth-order valence-corrected chi connectivity index (χ4v) is 5.83. The number of fused-ring (bicyclic) bond motifs is 1. The number of hydrogen-bond acceptors (Lipinski definition) is 4. The van der Waals surface area contributed by atoms with Crippen molar-refractivity contribution in [2.45, 2.75) is 51.1 Å². The normalized spacial score (nSPS) is 18.6. The summed E-state index contributed by atoms with van der Waals surface area (Å²) in [6.07, 6.45) is 5.95. The molecule has 1 fully saturated rings. The van der Waals surface area contributed by atoms with E-state index in [9.17, 15) is 18.0 Å². The molecule has 0 radical (unpaired) electrons. The van der Waals surface area contributed by atoms with E-state index in [1.165, 1.54) is 10.6 Å². The number of hydrogen-bond donors (Lipinski definition) is 2. The average Bonchev–Trinajstić information content (AvgIpc) is 3.33.